The van der Waals surface area contributed by atoms with Crippen LogP contribution in [-0.2, 0) is 28.5 Å². The van der Waals surface area contributed by atoms with Crippen LogP contribution < -0.4 is 9.80 Å². The van der Waals surface area contributed by atoms with E-state index >= 15 is 0 Å². The second-order valence-corrected chi connectivity index (χ2v) is 17.8. The van der Waals surface area contributed by atoms with Crippen molar-refractivity contribution in [2.24, 2.45) is 11.8 Å². The minimum atomic E-state index is -0.0746. The average molecular weight is 869 g/mol. The third kappa shape index (κ3) is 10.1. The van der Waals surface area contributed by atoms with E-state index in [1.54, 1.807) is 0 Å². The van der Waals surface area contributed by atoms with Gasteiger partial charge in [0.05, 0.1) is 71.5 Å². The Balaban J connectivity index is 0.000000162. The molecule has 14 nitrogen and oxygen atoms in total. The van der Waals surface area contributed by atoms with E-state index in [2.05, 4.69) is 92.1 Å². The molecular weight excluding hydrogens is 809 g/mol. The summed E-state index contributed by atoms with van der Waals surface area (Å²) >= 11 is 0. The van der Waals surface area contributed by atoms with E-state index in [4.69, 9.17) is 28.9 Å². The molecule has 0 unspecified atom stereocenters. The molecule has 0 amide bonds. The Bertz CT molecular complexity index is 2340. The molecular formula is C50H60N8O6. The number of imidazole rings is 2. The number of H-pyrrole nitrogens is 2. The van der Waals surface area contributed by atoms with Crippen LogP contribution in [0, 0.1) is 25.7 Å². The van der Waals surface area contributed by atoms with Crippen LogP contribution in [0.3, 0.4) is 0 Å². The van der Waals surface area contributed by atoms with E-state index in [-0.39, 0.29) is 48.2 Å². The first-order valence-corrected chi connectivity index (χ1v) is 23.2. The normalized spacial score (nSPS) is 21.5. The molecule has 14 heteroatoms. The van der Waals surface area contributed by atoms with Gasteiger partial charge in [-0.05, 0) is 139 Å². The molecule has 0 atom stereocenters. The van der Waals surface area contributed by atoms with Crippen molar-refractivity contribution in [1.29, 1.82) is 0 Å². The first-order valence-electron chi connectivity index (χ1n) is 23.2. The van der Waals surface area contributed by atoms with Crippen molar-refractivity contribution in [2.45, 2.75) is 103 Å². The third-order valence-electron chi connectivity index (χ3n) is 13.0. The van der Waals surface area contributed by atoms with Crippen molar-refractivity contribution < 1.29 is 28.5 Å². The van der Waals surface area contributed by atoms with Gasteiger partial charge in [-0.3, -0.25) is 9.59 Å². The summed E-state index contributed by atoms with van der Waals surface area (Å²) in [5.74, 6) is 3.58. The Morgan fingerprint density at radius 1 is 0.578 bits per heavy atom. The van der Waals surface area contributed by atoms with Gasteiger partial charge in [0.15, 0.2) is 0 Å². The number of aromatic amines is 2. The van der Waals surface area contributed by atoms with Crippen LogP contribution in [0.25, 0.3) is 44.8 Å². The van der Waals surface area contributed by atoms with E-state index in [1.807, 2.05) is 38.4 Å². The minimum absolute atomic E-state index is 0.0264. The van der Waals surface area contributed by atoms with Crippen molar-refractivity contribution in [3.8, 4) is 22.8 Å². The Kier molecular flexibility index (Phi) is 13.2. The highest BCUT2D eigenvalue weighted by molar-refractivity contribution is 5.81. The number of hydrogen-bond donors (Lipinski definition) is 2. The molecule has 0 bridgehead atoms. The van der Waals surface area contributed by atoms with Crippen molar-refractivity contribution in [1.82, 2.24) is 29.9 Å². The number of anilines is 2. The monoisotopic (exact) mass is 868 g/mol. The molecule has 2 aromatic carbocycles. The molecule has 2 saturated heterocycles. The topological polar surface area (TPSA) is 161 Å². The van der Waals surface area contributed by atoms with Gasteiger partial charge in [0, 0.05) is 49.7 Å². The molecule has 0 radical (unpaired) electrons. The standard InChI is InChI=1S/2C25H30N4O3/c2*1-3-31-25(30)18-13-20(14-18)32-19-8-10-29(11-9-19)23-7-5-17(15-26-23)24-27-21-6-4-16(2)12-22(21)28-24/h2*4-7,12,15,18-20H,3,8-11,13-14H2,1-2H3,(H,27,28). The molecule has 10 rings (SSSR count). The first kappa shape index (κ1) is 43.4. The maximum absolute atomic E-state index is 11.7. The number of pyridine rings is 2. The number of ether oxygens (including phenoxy) is 4. The lowest BCUT2D eigenvalue weighted by Gasteiger charge is -2.39. The lowest BCUT2D eigenvalue weighted by atomic mass is 9.82. The zero-order chi connectivity index (χ0) is 44.2. The number of esters is 2. The molecule has 2 aliphatic carbocycles. The summed E-state index contributed by atoms with van der Waals surface area (Å²) in [5.41, 5.74) is 8.43. The Hall–Kier alpha value is -5.86. The van der Waals surface area contributed by atoms with Gasteiger partial charge in [-0.1, -0.05) is 12.1 Å². The largest absolute Gasteiger partial charge is 0.466 e. The highest BCUT2D eigenvalue weighted by Crippen LogP contribution is 2.35. The van der Waals surface area contributed by atoms with Crippen LogP contribution in [0.1, 0.15) is 76.3 Å². The number of nitrogens with zero attached hydrogens (tertiary/aromatic N) is 6. The Morgan fingerprint density at radius 3 is 1.34 bits per heavy atom. The quantitative estimate of drug-likeness (QED) is 0.113. The van der Waals surface area contributed by atoms with Crippen molar-refractivity contribution in [3.05, 3.63) is 84.2 Å². The number of aromatic nitrogens is 6. The number of benzene rings is 2. The molecule has 2 saturated carbocycles. The van der Waals surface area contributed by atoms with Crippen LogP contribution >= 0.6 is 0 Å². The smallest absolute Gasteiger partial charge is 0.309 e. The molecule has 2 N–H and O–H groups in total. The van der Waals surface area contributed by atoms with Crippen molar-refractivity contribution >= 4 is 45.6 Å². The molecule has 2 aliphatic heterocycles. The highest BCUT2D eigenvalue weighted by atomic mass is 16.5. The van der Waals surface area contributed by atoms with Crippen LogP contribution in [0.2, 0.25) is 0 Å². The second kappa shape index (κ2) is 19.5. The molecule has 4 aromatic heterocycles. The number of carbonyl (C=O) groups excluding carboxylic acids is 2. The Morgan fingerprint density at radius 2 is 0.984 bits per heavy atom. The van der Waals surface area contributed by atoms with Gasteiger partial charge in [-0.15, -0.1) is 0 Å². The van der Waals surface area contributed by atoms with Gasteiger partial charge < -0.3 is 38.7 Å². The van der Waals surface area contributed by atoms with E-state index in [1.165, 1.54) is 11.1 Å². The highest BCUT2D eigenvalue weighted by Gasteiger charge is 2.39. The summed E-state index contributed by atoms with van der Waals surface area (Å²) in [4.78, 5) is 53.7. The number of rotatable bonds is 12. The summed E-state index contributed by atoms with van der Waals surface area (Å²) in [6.07, 6.45) is 11.8. The maximum Gasteiger partial charge on any atom is 0.309 e. The Labute approximate surface area is 374 Å². The molecule has 4 aliphatic rings. The number of fused-ring (bicyclic) bond motifs is 2. The summed E-state index contributed by atoms with van der Waals surface area (Å²) < 4.78 is 22.6. The number of carbonyl (C=O) groups is 2. The zero-order valence-corrected chi connectivity index (χ0v) is 37.4. The molecule has 4 fully saturated rings. The van der Waals surface area contributed by atoms with Crippen molar-refractivity contribution in [2.75, 3.05) is 49.2 Å². The number of hydrogen-bond acceptors (Lipinski definition) is 12. The lowest BCUT2D eigenvalue weighted by Crippen LogP contribution is -2.43. The predicted molar refractivity (Wildman–Crippen MR) is 247 cm³/mol. The van der Waals surface area contributed by atoms with E-state index in [9.17, 15) is 9.59 Å². The van der Waals surface area contributed by atoms with E-state index < -0.39 is 0 Å². The lowest BCUT2D eigenvalue weighted by molar-refractivity contribution is -0.161. The average Bonchev–Trinajstić information content (AvgIpc) is 3.91. The molecule has 64 heavy (non-hydrogen) atoms. The fraction of sp³-hybridized carbons (Fsp3) is 0.480. The number of aryl methyl sites for hydroxylation is 2. The van der Waals surface area contributed by atoms with Crippen LogP contribution in [0.4, 0.5) is 11.6 Å². The van der Waals surface area contributed by atoms with Crippen molar-refractivity contribution in [3.63, 3.8) is 0 Å². The SMILES string of the molecule is CCOC(=O)C1CC(OC2CCN(c3ccc(-c4nc5ccc(C)cc5[nH]4)cn3)CC2)C1.CCOC(=O)C1CC(OC2CCN(c3ccc(-c4nc5ccc(C)cc5[nH]4)cn3)CC2)C1. The van der Waals surface area contributed by atoms with Gasteiger partial charge >= 0.3 is 11.9 Å². The van der Waals surface area contributed by atoms with Gasteiger partial charge in [0.25, 0.3) is 0 Å². The third-order valence-corrected chi connectivity index (χ3v) is 13.0. The van der Waals surface area contributed by atoms with Crippen LogP contribution in [0.5, 0.6) is 0 Å². The summed E-state index contributed by atoms with van der Waals surface area (Å²) in [7, 11) is 0. The summed E-state index contributed by atoms with van der Waals surface area (Å²) in [6, 6.07) is 20.8. The van der Waals surface area contributed by atoms with Crippen LogP contribution in [0.15, 0.2) is 73.1 Å². The van der Waals surface area contributed by atoms with Gasteiger partial charge in [-0.2, -0.15) is 0 Å². The summed E-state index contributed by atoms with van der Waals surface area (Å²) in [6.45, 7) is 12.5. The van der Waals surface area contributed by atoms with Gasteiger partial charge in [0.2, 0.25) is 0 Å². The first-order chi connectivity index (χ1) is 31.2. The number of piperidine rings is 2. The second-order valence-electron chi connectivity index (χ2n) is 17.8. The molecule has 6 aromatic rings. The van der Waals surface area contributed by atoms with Crippen LogP contribution in [-0.4, -0.2) is 106 Å². The minimum Gasteiger partial charge on any atom is -0.466 e. The molecule has 6 heterocycles. The van der Waals surface area contributed by atoms with E-state index in [0.717, 1.165) is 134 Å². The molecule has 336 valence electrons. The maximum atomic E-state index is 11.7. The zero-order valence-electron chi connectivity index (χ0n) is 37.4. The van der Waals surface area contributed by atoms with Gasteiger partial charge in [-0.25, -0.2) is 19.9 Å². The van der Waals surface area contributed by atoms with Gasteiger partial charge in [0.1, 0.15) is 23.3 Å². The fourth-order valence-electron chi connectivity index (χ4n) is 9.19. The fourth-order valence-corrected chi connectivity index (χ4v) is 9.19. The summed E-state index contributed by atoms with van der Waals surface area (Å²) in [5, 5.41) is 0. The molecule has 0 spiro atoms. The van der Waals surface area contributed by atoms with E-state index in [0.29, 0.717) is 13.2 Å². The number of nitrogens with one attached hydrogen (secondary N) is 2. The predicted octanol–water partition coefficient (Wildman–Crippen LogP) is 8.52.